The Morgan fingerprint density at radius 2 is 1.62 bits per heavy atom. The van der Waals surface area contributed by atoms with E-state index in [4.69, 9.17) is 0 Å². The lowest BCUT2D eigenvalue weighted by atomic mass is 9.93. The lowest BCUT2D eigenvalue weighted by Gasteiger charge is -2.15. The Kier molecular flexibility index (Phi) is 3.38. The van der Waals surface area contributed by atoms with Crippen LogP contribution in [0.1, 0.15) is 41.4 Å². The molecule has 21 heavy (non-hydrogen) atoms. The van der Waals surface area contributed by atoms with E-state index in [-0.39, 0.29) is 11.7 Å². The van der Waals surface area contributed by atoms with E-state index < -0.39 is 0 Å². The van der Waals surface area contributed by atoms with Crippen molar-refractivity contribution in [3.05, 3.63) is 71.4 Å². The summed E-state index contributed by atoms with van der Waals surface area (Å²) in [5.41, 5.74) is 4.28. The van der Waals surface area contributed by atoms with Crippen LogP contribution in [0, 0.1) is 0 Å². The van der Waals surface area contributed by atoms with Gasteiger partial charge in [-0.2, -0.15) is 0 Å². The van der Waals surface area contributed by atoms with Gasteiger partial charge >= 0.3 is 0 Å². The first-order chi connectivity index (χ1) is 10.1. The fourth-order valence-corrected chi connectivity index (χ4v) is 3.19. The zero-order chi connectivity index (χ0) is 15.0. The van der Waals surface area contributed by atoms with Crippen molar-refractivity contribution in [1.82, 2.24) is 4.57 Å². The molecule has 3 aromatic rings. The number of carbonyl (C=O) groups excluding carboxylic acids is 1. The number of fused-ring (bicyclic) bond motifs is 1. The van der Waals surface area contributed by atoms with Crippen molar-refractivity contribution in [2.75, 3.05) is 0 Å². The Bertz CT molecular complexity index is 799. The van der Waals surface area contributed by atoms with Crippen molar-refractivity contribution in [3.8, 4) is 0 Å². The van der Waals surface area contributed by atoms with E-state index in [0.717, 1.165) is 22.2 Å². The molecule has 3 rings (SSSR count). The normalized spacial score (nSPS) is 12.5. The number of hydrogen-bond donors (Lipinski definition) is 0. The van der Waals surface area contributed by atoms with Crippen molar-refractivity contribution in [1.29, 1.82) is 0 Å². The summed E-state index contributed by atoms with van der Waals surface area (Å²) in [5.74, 6) is 0.312. The fourth-order valence-electron chi connectivity index (χ4n) is 3.19. The minimum absolute atomic E-state index is 0.129. The van der Waals surface area contributed by atoms with Crippen molar-refractivity contribution in [2.24, 2.45) is 7.05 Å². The predicted octanol–water partition coefficient (Wildman–Crippen LogP) is 4.53. The first-order valence-corrected chi connectivity index (χ1v) is 7.24. The van der Waals surface area contributed by atoms with E-state index in [9.17, 15) is 4.79 Å². The van der Waals surface area contributed by atoms with Gasteiger partial charge in [-0.15, -0.1) is 0 Å². The predicted molar refractivity (Wildman–Crippen MR) is 86.9 cm³/mol. The quantitative estimate of drug-likeness (QED) is 0.644. The summed E-state index contributed by atoms with van der Waals surface area (Å²) in [5, 5.41) is 1.05. The molecule has 0 bridgehead atoms. The highest BCUT2D eigenvalue weighted by Gasteiger charge is 2.23. The molecule has 1 aromatic heterocycles. The van der Waals surface area contributed by atoms with Crippen LogP contribution in [0.5, 0.6) is 0 Å². The number of hydrogen-bond acceptors (Lipinski definition) is 1. The molecule has 0 aliphatic carbocycles. The van der Waals surface area contributed by atoms with E-state index in [0.29, 0.717) is 0 Å². The van der Waals surface area contributed by atoms with Crippen LogP contribution in [-0.2, 0) is 7.05 Å². The Labute approximate surface area is 125 Å². The number of para-hydroxylation sites is 1. The molecule has 2 aromatic carbocycles. The topological polar surface area (TPSA) is 22.0 Å². The highest BCUT2D eigenvalue weighted by molar-refractivity contribution is 6.08. The molecule has 0 fully saturated rings. The molecule has 0 saturated heterocycles. The third-order valence-corrected chi connectivity index (χ3v) is 4.21. The second-order valence-electron chi connectivity index (χ2n) is 5.52. The molecule has 0 radical (unpaired) electrons. The minimum Gasteiger partial charge on any atom is -0.346 e. The summed E-state index contributed by atoms with van der Waals surface area (Å²) in [7, 11) is 2.05. The van der Waals surface area contributed by atoms with Gasteiger partial charge in [0.2, 0.25) is 0 Å². The molecule has 0 N–H and O–H groups in total. The van der Waals surface area contributed by atoms with Crippen molar-refractivity contribution >= 4 is 16.7 Å². The summed E-state index contributed by atoms with van der Waals surface area (Å²) in [6, 6.07) is 18.5. The van der Waals surface area contributed by atoms with Crippen LogP contribution in [0.3, 0.4) is 0 Å². The SMILES string of the molecule is CC(=O)c1c(C(C)c2ccccc2)n(C)c2ccccc12. The number of rotatable bonds is 3. The first-order valence-electron chi connectivity index (χ1n) is 7.24. The van der Waals surface area contributed by atoms with Crippen LogP contribution in [-0.4, -0.2) is 10.4 Å². The number of Topliss-reactive ketones (excluding diaryl/α,β-unsaturated/α-hetero) is 1. The summed E-state index contributed by atoms with van der Waals surface area (Å²) in [6.45, 7) is 3.82. The van der Waals surface area contributed by atoms with Crippen LogP contribution in [0.25, 0.3) is 10.9 Å². The Morgan fingerprint density at radius 3 is 2.29 bits per heavy atom. The molecule has 1 unspecified atom stereocenters. The summed E-state index contributed by atoms with van der Waals surface area (Å²) < 4.78 is 2.16. The van der Waals surface area contributed by atoms with Crippen LogP contribution in [0.15, 0.2) is 54.6 Å². The van der Waals surface area contributed by atoms with Gasteiger partial charge in [0.1, 0.15) is 0 Å². The van der Waals surface area contributed by atoms with Crippen LogP contribution < -0.4 is 0 Å². The van der Waals surface area contributed by atoms with E-state index in [1.54, 1.807) is 6.92 Å². The Morgan fingerprint density at radius 1 is 1.00 bits per heavy atom. The standard InChI is InChI=1S/C19H19NO/c1-13(15-9-5-4-6-10-15)19-18(14(2)21)16-11-7-8-12-17(16)20(19)3/h4-13H,1-3H3. The Hall–Kier alpha value is -2.35. The number of aryl methyl sites for hydroxylation is 1. The zero-order valence-electron chi connectivity index (χ0n) is 12.6. The molecule has 2 heteroatoms. The lowest BCUT2D eigenvalue weighted by molar-refractivity contribution is 0.101. The largest absolute Gasteiger partial charge is 0.346 e. The van der Waals surface area contributed by atoms with Crippen molar-refractivity contribution in [2.45, 2.75) is 19.8 Å². The van der Waals surface area contributed by atoms with Crippen molar-refractivity contribution < 1.29 is 4.79 Å². The van der Waals surface area contributed by atoms with Gasteiger partial charge < -0.3 is 4.57 Å². The smallest absolute Gasteiger partial charge is 0.162 e. The summed E-state index contributed by atoms with van der Waals surface area (Å²) >= 11 is 0. The third kappa shape index (κ3) is 2.17. The van der Waals surface area contributed by atoms with E-state index >= 15 is 0 Å². The number of carbonyl (C=O) groups is 1. The molecule has 0 saturated carbocycles. The average Bonchev–Trinajstić information content (AvgIpc) is 2.81. The second-order valence-corrected chi connectivity index (χ2v) is 5.52. The molecular weight excluding hydrogens is 258 g/mol. The van der Waals surface area contributed by atoms with Gasteiger partial charge in [0.05, 0.1) is 0 Å². The number of benzene rings is 2. The van der Waals surface area contributed by atoms with E-state index in [1.165, 1.54) is 5.56 Å². The molecule has 1 atom stereocenters. The number of aromatic nitrogens is 1. The maximum absolute atomic E-state index is 12.2. The van der Waals surface area contributed by atoms with Gasteiger partial charge in [0.25, 0.3) is 0 Å². The number of nitrogens with zero attached hydrogens (tertiary/aromatic N) is 1. The average molecular weight is 277 g/mol. The van der Waals surface area contributed by atoms with Crippen LogP contribution in [0.4, 0.5) is 0 Å². The highest BCUT2D eigenvalue weighted by Crippen LogP contribution is 2.34. The zero-order valence-corrected chi connectivity index (χ0v) is 12.6. The molecule has 106 valence electrons. The summed E-state index contributed by atoms with van der Waals surface area (Å²) in [4.78, 5) is 12.2. The molecule has 0 amide bonds. The molecule has 0 spiro atoms. The summed E-state index contributed by atoms with van der Waals surface area (Å²) in [6.07, 6.45) is 0. The Balaban J connectivity index is 2.29. The fraction of sp³-hybridized carbons (Fsp3) is 0.211. The first kappa shape index (κ1) is 13.6. The molecule has 0 aliphatic heterocycles. The highest BCUT2D eigenvalue weighted by atomic mass is 16.1. The van der Waals surface area contributed by atoms with Gasteiger partial charge in [0.15, 0.2) is 5.78 Å². The molecular formula is C19H19NO. The second kappa shape index (κ2) is 5.21. The van der Waals surface area contributed by atoms with Gasteiger partial charge in [-0.25, -0.2) is 0 Å². The third-order valence-electron chi connectivity index (χ3n) is 4.21. The van der Waals surface area contributed by atoms with Gasteiger partial charge in [-0.05, 0) is 18.6 Å². The maximum Gasteiger partial charge on any atom is 0.162 e. The van der Waals surface area contributed by atoms with Crippen LogP contribution >= 0.6 is 0 Å². The molecule has 1 heterocycles. The van der Waals surface area contributed by atoms with E-state index in [1.807, 2.05) is 43.4 Å². The van der Waals surface area contributed by atoms with Gasteiger partial charge in [-0.3, -0.25) is 4.79 Å². The lowest BCUT2D eigenvalue weighted by Crippen LogP contribution is -2.08. The van der Waals surface area contributed by atoms with E-state index in [2.05, 4.69) is 29.7 Å². The molecule has 0 aliphatic rings. The van der Waals surface area contributed by atoms with Gasteiger partial charge in [0, 0.05) is 35.1 Å². The molecule has 2 nitrogen and oxygen atoms in total. The van der Waals surface area contributed by atoms with Gasteiger partial charge in [-0.1, -0.05) is 55.5 Å². The minimum atomic E-state index is 0.129. The number of ketones is 1. The monoisotopic (exact) mass is 277 g/mol. The van der Waals surface area contributed by atoms with Crippen molar-refractivity contribution in [3.63, 3.8) is 0 Å². The maximum atomic E-state index is 12.2. The van der Waals surface area contributed by atoms with Crippen LogP contribution in [0.2, 0.25) is 0 Å².